The van der Waals surface area contributed by atoms with Crippen LogP contribution in [0.5, 0.6) is 0 Å². The van der Waals surface area contributed by atoms with Crippen molar-refractivity contribution in [1.29, 1.82) is 0 Å². The van der Waals surface area contributed by atoms with E-state index in [1.807, 2.05) is 0 Å². The molecule has 4 rings (SSSR count). The van der Waals surface area contributed by atoms with Gasteiger partial charge in [-0.3, -0.25) is 4.90 Å². The molecule has 0 atom stereocenters. The van der Waals surface area contributed by atoms with Crippen molar-refractivity contribution in [3.63, 3.8) is 0 Å². The summed E-state index contributed by atoms with van der Waals surface area (Å²) in [5.74, 6) is 0. The summed E-state index contributed by atoms with van der Waals surface area (Å²) in [4.78, 5) is 2.56. The first kappa shape index (κ1) is 20.0. The maximum absolute atomic E-state index is 3.56. The van der Waals surface area contributed by atoms with E-state index >= 15 is 0 Å². The van der Waals surface area contributed by atoms with Gasteiger partial charge in [-0.1, -0.05) is 54.6 Å². The Morgan fingerprint density at radius 2 is 1.33 bits per heavy atom. The standard InChI is InChI=1S/C23H34N4/c1-2-6-22(7-3-1)19-27-17-5-14-25-16-15-24-12-4-13-26-18-21-8-10-23(20-27)11-9-21/h1-3,6-11,24-26H,4-5,12-20H2. The summed E-state index contributed by atoms with van der Waals surface area (Å²) in [6.45, 7) is 9.39. The number of benzene rings is 2. The highest BCUT2D eigenvalue weighted by Crippen LogP contribution is 2.12. The third kappa shape index (κ3) is 7.81. The summed E-state index contributed by atoms with van der Waals surface area (Å²) in [6, 6.07) is 19.9. The number of nitrogens with zero attached hydrogens (tertiary/aromatic N) is 1. The van der Waals surface area contributed by atoms with Gasteiger partial charge in [0.2, 0.25) is 0 Å². The normalized spacial score (nSPS) is 18.7. The molecule has 0 saturated carbocycles. The van der Waals surface area contributed by atoms with Crippen molar-refractivity contribution in [2.24, 2.45) is 0 Å². The molecule has 0 unspecified atom stereocenters. The molecule has 2 aliphatic rings. The summed E-state index contributed by atoms with van der Waals surface area (Å²) in [5, 5.41) is 10.6. The minimum Gasteiger partial charge on any atom is -0.315 e. The molecule has 0 aliphatic carbocycles. The van der Waals surface area contributed by atoms with Crippen LogP contribution in [0.1, 0.15) is 29.5 Å². The molecule has 2 aliphatic heterocycles. The fourth-order valence-electron chi connectivity index (χ4n) is 3.50. The van der Waals surface area contributed by atoms with E-state index in [-0.39, 0.29) is 0 Å². The lowest BCUT2D eigenvalue weighted by atomic mass is 10.1. The van der Waals surface area contributed by atoms with Crippen molar-refractivity contribution in [3.05, 3.63) is 71.3 Å². The Hall–Kier alpha value is -1.72. The minimum absolute atomic E-state index is 0.954. The zero-order valence-corrected chi connectivity index (χ0v) is 16.4. The summed E-state index contributed by atoms with van der Waals surface area (Å²) in [5.41, 5.74) is 4.15. The van der Waals surface area contributed by atoms with Crippen molar-refractivity contribution >= 4 is 0 Å². The third-order valence-electron chi connectivity index (χ3n) is 5.02. The van der Waals surface area contributed by atoms with Gasteiger partial charge in [-0.25, -0.2) is 0 Å². The molecule has 2 bridgehead atoms. The van der Waals surface area contributed by atoms with Gasteiger partial charge in [0.15, 0.2) is 0 Å². The summed E-state index contributed by atoms with van der Waals surface area (Å²) >= 11 is 0. The van der Waals surface area contributed by atoms with E-state index in [0.717, 1.165) is 58.9 Å². The highest BCUT2D eigenvalue weighted by Gasteiger charge is 2.08. The lowest BCUT2D eigenvalue weighted by Gasteiger charge is -2.23. The average molecular weight is 367 g/mol. The SMILES string of the molecule is c1ccc(CN2CCCNCCNCCCNCc3ccc(cc3)C2)cc1. The molecule has 0 amide bonds. The van der Waals surface area contributed by atoms with Crippen molar-refractivity contribution in [2.45, 2.75) is 32.5 Å². The first-order chi connectivity index (χ1) is 13.4. The first-order valence-electron chi connectivity index (χ1n) is 10.4. The monoisotopic (exact) mass is 366 g/mol. The zero-order chi connectivity index (χ0) is 18.6. The molecule has 27 heavy (non-hydrogen) atoms. The number of nitrogens with one attached hydrogen (secondary N) is 3. The van der Waals surface area contributed by atoms with Gasteiger partial charge >= 0.3 is 0 Å². The summed E-state index contributed by atoms with van der Waals surface area (Å²) in [6.07, 6.45) is 2.35. The van der Waals surface area contributed by atoms with Crippen molar-refractivity contribution in [2.75, 3.05) is 39.3 Å². The lowest BCUT2D eigenvalue weighted by Crippen LogP contribution is -2.32. The largest absolute Gasteiger partial charge is 0.315 e. The summed E-state index contributed by atoms with van der Waals surface area (Å²) < 4.78 is 0. The third-order valence-corrected chi connectivity index (χ3v) is 5.02. The molecule has 3 N–H and O–H groups in total. The van der Waals surface area contributed by atoms with Crippen LogP contribution >= 0.6 is 0 Å². The molecular weight excluding hydrogens is 332 g/mol. The predicted molar refractivity (Wildman–Crippen MR) is 114 cm³/mol. The van der Waals surface area contributed by atoms with Crippen LogP contribution in [0.3, 0.4) is 0 Å². The Kier molecular flexibility index (Phi) is 8.81. The quantitative estimate of drug-likeness (QED) is 0.764. The van der Waals surface area contributed by atoms with E-state index in [9.17, 15) is 0 Å². The van der Waals surface area contributed by atoms with Gasteiger partial charge in [0.1, 0.15) is 0 Å². The smallest absolute Gasteiger partial charge is 0.0237 e. The second kappa shape index (κ2) is 11.9. The number of fused-ring (bicyclic) bond motifs is 15. The van der Waals surface area contributed by atoms with E-state index in [1.165, 1.54) is 29.5 Å². The van der Waals surface area contributed by atoms with Crippen molar-refractivity contribution in [1.82, 2.24) is 20.9 Å². The van der Waals surface area contributed by atoms with E-state index < -0.39 is 0 Å². The predicted octanol–water partition coefficient (Wildman–Crippen LogP) is 2.75. The van der Waals surface area contributed by atoms with Crippen LogP contribution in [0.4, 0.5) is 0 Å². The van der Waals surface area contributed by atoms with Crippen LogP contribution in [-0.4, -0.2) is 44.2 Å². The van der Waals surface area contributed by atoms with Crippen LogP contribution in [0.25, 0.3) is 0 Å². The first-order valence-corrected chi connectivity index (χ1v) is 10.4. The van der Waals surface area contributed by atoms with Crippen LogP contribution in [-0.2, 0) is 19.6 Å². The minimum atomic E-state index is 0.954. The lowest BCUT2D eigenvalue weighted by molar-refractivity contribution is 0.252. The molecule has 4 heteroatoms. The molecule has 4 nitrogen and oxygen atoms in total. The molecule has 2 aromatic carbocycles. The van der Waals surface area contributed by atoms with E-state index in [2.05, 4.69) is 75.4 Å². The molecule has 0 fully saturated rings. The van der Waals surface area contributed by atoms with Gasteiger partial charge < -0.3 is 16.0 Å². The van der Waals surface area contributed by atoms with Crippen molar-refractivity contribution in [3.8, 4) is 0 Å². The maximum Gasteiger partial charge on any atom is 0.0237 e. The van der Waals surface area contributed by atoms with Crippen LogP contribution in [0.2, 0.25) is 0 Å². The molecule has 0 saturated heterocycles. The Labute approximate surface area is 164 Å². The van der Waals surface area contributed by atoms with E-state index in [4.69, 9.17) is 0 Å². The number of hydrogen-bond acceptors (Lipinski definition) is 4. The fraction of sp³-hybridized carbons (Fsp3) is 0.478. The molecular formula is C23H34N4. The average Bonchev–Trinajstić information content (AvgIpc) is 2.70. The topological polar surface area (TPSA) is 39.3 Å². The zero-order valence-electron chi connectivity index (χ0n) is 16.4. The van der Waals surface area contributed by atoms with Gasteiger partial charge in [0.25, 0.3) is 0 Å². The second-order valence-electron chi connectivity index (χ2n) is 7.40. The van der Waals surface area contributed by atoms with Gasteiger partial charge in [0.05, 0.1) is 0 Å². The van der Waals surface area contributed by atoms with Gasteiger partial charge in [-0.2, -0.15) is 0 Å². The Morgan fingerprint density at radius 3 is 2.11 bits per heavy atom. The fourth-order valence-corrected chi connectivity index (χ4v) is 3.50. The summed E-state index contributed by atoms with van der Waals surface area (Å²) in [7, 11) is 0. The highest BCUT2D eigenvalue weighted by atomic mass is 15.1. The van der Waals surface area contributed by atoms with Gasteiger partial charge in [-0.15, -0.1) is 0 Å². The van der Waals surface area contributed by atoms with Crippen LogP contribution in [0.15, 0.2) is 54.6 Å². The molecule has 146 valence electrons. The molecule has 0 spiro atoms. The second-order valence-corrected chi connectivity index (χ2v) is 7.40. The van der Waals surface area contributed by atoms with Gasteiger partial charge in [-0.05, 0) is 49.2 Å². The molecule has 2 heterocycles. The van der Waals surface area contributed by atoms with Crippen molar-refractivity contribution < 1.29 is 0 Å². The highest BCUT2D eigenvalue weighted by molar-refractivity contribution is 5.23. The van der Waals surface area contributed by atoms with Crippen LogP contribution in [0, 0.1) is 0 Å². The van der Waals surface area contributed by atoms with Gasteiger partial charge in [0, 0.05) is 39.3 Å². The molecule has 0 aromatic heterocycles. The van der Waals surface area contributed by atoms with Crippen LogP contribution < -0.4 is 16.0 Å². The van der Waals surface area contributed by atoms with E-state index in [0.29, 0.717) is 0 Å². The Morgan fingerprint density at radius 1 is 0.667 bits per heavy atom. The maximum atomic E-state index is 3.56. The van der Waals surface area contributed by atoms with E-state index in [1.54, 1.807) is 0 Å². The Bertz CT molecular complexity index is 627. The number of rotatable bonds is 2. The molecule has 2 aromatic rings. The number of hydrogen-bond donors (Lipinski definition) is 3. The Balaban J connectivity index is 1.62. The molecule has 0 radical (unpaired) electrons.